The molecule has 0 spiro atoms. The molecule has 0 aliphatic carbocycles. The van der Waals surface area contributed by atoms with Crippen LogP contribution in [0.4, 0.5) is 0 Å². The Morgan fingerprint density at radius 3 is 2.57 bits per heavy atom. The number of methoxy groups -OCH3 is 1. The summed E-state index contributed by atoms with van der Waals surface area (Å²) in [7, 11) is -2.08. The Morgan fingerprint density at radius 1 is 1.17 bits per heavy atom. The van der Waals surface area contributed by atoms with E-state index in [9.17, 15) is 13.2 Å². The molecule has 1 fully saturated rings. The average Bonchev–Trinajstić information content (AvgIpc) is 2.78. The third kappa shape index (κ3) is 4.83. The van der Waals surface area contributed by atoms with Gasteiger partial charge in [-0.1, -0.05) is 25.1 Å². The standard InChI is InChI=1S/C22H28N2O5S/c1-4-18-7-8-19(14-21(18)30(26,27)24-9-11-29-12-10-24)22(25)23-15-17-6-5-16(2)20(13-17)28-3/h5-8,13-14H,4,9-12,15H2,1-3H3,(H,23,25). The number of hydrogen-bond acceptors (Lipinski definition) is 5. The Kier molecular flexibility index (Phi) is 7.12. The van der Waals surface area contributed by atoms with Crippen LogP contribution in [0.15, 0.2) is 41.3 Å². The van der Waals surface area contributed by atoms with Crippen LogP contribution < -0.4 is 10.1 Å². The summed E-state index contributed by atoms with van der Waals surface area (Å²) >= 11 is 0. The highest BCUT2D eigenvalue weighted by molar-refractivity contribution is 7.89. The first-order valence-electron chi connectivity index (χ1n) is 9.99. The van der Waals surface area contributed by atoms with Gasteiger partial charge in [-0.2, -0.15) is 4.31 Å². The van der Waals surface area contributed by atoms with Gasteiger partial charge in [0, 0.05) is 25.2 Å². The fraction of sp³-hybridized carbons (Fsp3) is 0.409. The maximum atomic E-state index is 13.1. The van der Waals surface area contributed by atoms with E-state index in [1.165, 1.54) is 10.4 Å². The molecule has 2 aromatic rings. The number of sulfonamides is 1. The van der Waals surface area contributed by atoms with E-state index in [4.69, 9.17) is 9.47 Å². The zero-order chi connectivity index (χ0) is 21.7. The van der Waals surface area contributed by atoms with Crippen molar-refractivity contribution in [1.29, 1.82) is 0 Å². The van der Waals surface area contributed by atoms with Gasteiger partial charge in [-0.3, -0.25) is 4.79 Å². The predicted molar refractivity (Wildman–Crippen MR) is 114 cm³/mol. The summed E-state index contributed by atoms with van der Waals surface area (Å²) in [5.41, 5.74) is 2.93. The molecule has 0 atom stereocenters. The number of amides is 1. The Morgan fingerprint density at radius 2 is 1.90 bits per heavy atom. The van der Waals surface area contributed by atoms with Crippen LogP contribution in [0.5, 0.6) is 5.75 Å². The van der Waals surface area contributed by atoms with E-state index in [0.29, 0.717) is 50.4 Å². The van der Waals surface area contributed by atoms with Crippen molar-refractivity contribution in [2.24, 2.45) is 0 Å². The average molecular weight is 433 g/mol. The lowest BCUT2D eigenvalue weighted by Gasteiger charge is -2.27. The maximum absolute atomic E-state index is 13.1. The quantitative estimate of drug-likeness (QED) is 0.727. The van der Waals surface area contributed by atoms with Crippen molar-refractivity contribution in [1.82, 2.24) is 9.62 Å². The minimum atomic E-state index is -3.68. The number of nitrogens with zero attached hydrogens (tertiary/aromatic N) is 1. The second-order valence-corrected chi connectivity index (χ2v) is 9.09. The summed E-state index contributed by atoms with van der Waals surface area (Å²) < 4.78 is 38.3. The van der Waals surface area contributed by atoms with Crippen molar-refractivity contribution in [2.75, 3.05) is 33.4 Å². The highest BCUT2D eigenvalue weighted by Crippen LogP contribution is 2.24. The first-order chi connectivity index (χ1) is 14.4. The highest BCUT2D eigenvalue weighted by atomic mass is 32.2. The molecular weight excluding hydrogens is 404 g/mol. The third-order valence-electron chi connectivity index (χ3n) is 5.22. The fourth-order valence-electron chi connectivity index (χ4n) is 3.41. The second kappa shape index (κ2) is 9.59. The number of carbonyl (C=O) groups is 1. The molecule has 0 bridgehead atoms. The Labute approximate surface area is 178 Å². The molecule has 2 aromatic carbocycles. The lowest BCUT2D eigenvalue weighted by molar-refractivity contribution is 0.0730. The van der Waals surface area contributed by atoms with Gasteiger partial charge in [0.1, 0.15) is 5.75 Å². The van der Waals surface area contributed by atoms with Gasteiger partial charge >= 0.3 is 0 Å². The smallest absolute Gasteiger partial charge is 0.251 e. The maximum Gasteiger partial charge on any atom is 0.251 e. The van der Waals surface area contributed by atoms with Crippen molar-refractivity contribution in [3.8, 4) is 5.75 Å². The van der Waals surface area contributed by atoms with E-state index in [-0.39, 0.29) is 10.8 Å². The first-order valence-corrected chi connectivity index (χ1v) is 11.4. The van der Waals surface area contributed by atoms with Crippen LogP contribution in [0.2, 0.25) is 0 Å². The fourth-order valence-corrected chi connectivity index (χ4v) is 5.14. The lowest BCUT2D eigenvalue weighted by atomic mass is 10.1. The number of carbonyl (C=O) groups excluding carboxylic acids is 1. The largest absolute Gasteiger partial charge is 0.496 e. The van der Waals surface area contributed by atoms with Crippen LogP contribution in [0.1, 0.15) is 34.0 Å². The van der Waals surface area contributed by atoms with E-state index in [1.807, 2.05) is 32.0 Å². The molecule has 1 N–H and O–H groups in total. The Hall–Kier alpha value is -2.42. The Balaban J connectivity index is 1.81. The number of morpholine rings is 1. The summed E-state index contributed by atoms with van der Waals surface area (Å²) in [6, 6.07) is 10.6. The van der Waals surface area contributed by atoms with Gasteiger partial charge in [-0.05, 0) is 48.2 Å². The molecule has 0 unspecified atom stereocenters. The van der Waals surface area contributed by atoms with E-state index < -0.39 is 10.0 Å². The van der Waals surface area contributed by atoms with Gasteiger partial charge in [0.05, 0.1) is 25.2 Å². The molecular formula is C22H28N2O5S. The predicted octanol–water partition coefficient (Wildman–Crippen LogP) is 2.52. The lowest BCUT2D eigenvalue weighted by Crippen LogP contribution is -2.41. The van der Waals surface area contributed by atoms with E-state index in [1.54, 1.807) is 19.2 Å². The van der Waals surface area contributed by atoms with Gasteiger partial charge in [-0.25, -0.2) is 8.42 Å². The minimum absolute atomic E-state index is 0.191. The summed E-state index contributed by atoms with van der Waals surface area (Å²) in [6.07, 6.45) is 0.559. The molecule has 30 heavy (non-hydrogen) atoms. The zero-order valence-corrected chi connectivity index (χ0v) is 18.4. The molecule has 7 nitrogen and oxygen atoms in total. The monoisotopic (exact) mass is 432 g/mol. The summed E-state index contributed by atoms with van der Waals surface area (Å²) in [4.78, 5) is 12.9. The van der Waals surface area contributed by atoms with Crippen LogP contribution in [-0.2, 0) is 27.7 Å². The molecule has 1 heterocycles. The molecule has 0 radical (unpaired) electrons. The number of aryl methyl sites for hydroxylation is 2. The van der Waals surface area contributed by atoms with Crippen molar-refractivity contribution < 1.29 is 22.7 Å². The molecule has 0 saturated carbocycles. The van der Waals surface area contributed by atoms with Crippen LogP contribution in [0.25, 0.3) is 0 Å². The molecule has 3 rings (SSSR count). The number of benzene rings is 2. The topological polar surface area (TPSA) is 84.9 Å². The van der Waals surface area contributed by atoms with Gasteiger partial charge in [0.2, 0.25) is 10.0 Å². The zero-order valence-electron chi connectivity index (χ0n) is 17.6. The van der Waals surface area contributed by atoms with Crippen molar-refractivity contribution in [2.45, 2.75) is 31.7 Å². The summed E-state index contributed by atoms with van der Waals surface area (Å²) in [6.45, 7) is 5.55. The SMILES string of the molecule is CCc1ccc(C(=O)NCc2ccc(C)c(OC)c2)cc1S(=O)(=O)N1CCOCC1. The normalized spacial score (nSPS) is 15.0. The second-order valence-electron chi connectivity index (χ2n) is 7.18. The molecule has 1 amide bonds. The van der Waals surface area contributed by atoms with E-state index in [0.717, 1.165) is 16.9 Å². The van der Waals surface area contributed by atoms with Gasteiger partial charge in [-0.15, -0.1) is 0 Å². The van der Waals surface area contributed by atoms with Crippen molar-refractivity contribution >= 4 is 15.9 Å². The molecule has 162 valence electrons. The molecule has 1 aliphatic heterocycles. The van der Waals surface area contributed by atoms with Crippen molar-refractivity contribution in [3.05, 3.63) is 58.7 Å². The van der Waals surface area contributed by atoms with Crippen LogP contribution in [0.3, 0.4) is 0 Å². The number of ether oxygens (including phenoxy) is 2. The highest BCUT2D eigenvalue weighted by Gasteiger charge is 2.29. The van der Waals surface area contributed by atoms with Gasteiger partial charge in [0.25, 0.3) is 5.91 Å². The minimum Gasteiger partial charge on any atom is -0.496 e. The molecule has 0 aromatic heterocycles. The molecule has 1 aliphatic rings. The summed E-state index contributed by atoms with van der Waals surface area (Å²) in [5, 5.41) is 2.86. The van der Waals surface area contributed by atoms with Crippen LogP contribution in [0, 0.1) is 6.92 Å². The Bertz CT molecular complexity index is 1010. The van der Waals surface area contributed by atoms with Crippen LogP contribution in [-0.4, -0.2) is 52.0 Å². The number of nitrogens with one attached hydrogen (secondary N) is 1. The van der Waals surface area contributed by atoms with E-state index in [2.05, 4.69) is 5.32 Å². The molecule has 8 heteroatoms. The molecule has 1 saturated heterocycles. The van der Waals surface area contributed by atoms with Crippen LogP contribution >= 0.6 is 0 Å². The number of rotatable bonds is 7. The number of hydrogen-bond donors (Lipinski definition) is 1. The summed E-state index contributed by atoms with van der Waals surface area (Å²) in [5.74, 6) is 0.434. The third-order valence-corrected chi connectivity index (χ3v) is 7.20. The van der Waals surface area contributed by atoms with Crippen molar-refractivity contribution in [3.63, 3.8) is 0 Å². The van der Waals surface area contributed by atoms with E-state index >= 15 is 0 Å². The first kappa shape index (κ1) is 22.3. The van der Waals surface area contributed by atoms with Gasteiger partial charge in [0.15, 0.2) is 0 Å². The van der Waals surface area contributed by atoms with Gasteiger partial charge < -0.3 is 14.8 Å².